The van der Waals surface area contributed by atoms with Crippen LogP contribution in [-0.2, 0) is 5.41 Å². The van der Waals surface area contributed by atoms with E-state index in [9.17, 15) is 0 Å². The van der Waals surface area contributed by atoms with Crippen molar-refractivity contribution in [2.75, 3.05) is 4.90 Å². The largest absolute Gasteiger partial charge is 0.310 e. The van der Waals surface area contributed by atoms with Gasteiger partial charge in [0, 0.05) is 53.7 Å². The van der Waals surface area contributed by atoms with E-state index in [4.69, 9.17) is 0 Å². The molecule has 2 aromatic heterocycles. The molecule has 3 heteroatoms. The van der Waals surface area contributed by atoms with Crippen molar-refractivity contribution in [3.05, 3.63) is 289 Å². The maximum Gasteiger partial charge on any atom is 0.0713 e. The Hall–Kier alpha value is -8.76. The number of rotatable bonds is 8. The average Bonchev–Trinajstić information content (AvgIpc) is 4.09. The second-order valence-corrected chi connectivity index (χ2v) is 19.4. The van der Waals surface area contributed by atoms with Crippen molar-refractivity contribution < 1.29 is 0 Å². The number of aromatic nitrogens is 1. The molecule has 2 heterocycles. The molecule has 0 fully saturated rings. The summed E-state index contributed by atoms with van der Waals surface area (Å²) in [6.45, 7) is 0. The van der Waals surface area contributed by atoms with E-state index in [-0.39, 0.29) is 0 Å². The molecule has 328 valence electrons. The van der Waals surface area contributed by atoms with E-state index >= 15 is 0 Å². The van der Waals surface area contributed by atoms with Gasteiger partial charge in [0.15, 0.2) is 0 Å². The molecule has 0 N–H and O–H groups in total. The van der Waals surface area contributed by atoms with Crippen LogP contribution in [-0.4, -0.2) is 4.57 Å². The van der Waals surface area contributed by atoms with Gasteiger partial charge in [-0.1, -0.05) is 200 Å². The highest BCUT2D eigenvalue weighted by Crippen LogP contribution is 2.57. The SMILES string of the molecule is c1ccc(C2(c3ccccc3)c3ccccc3-c3cc(N(c4ccc(-c5cccc6c5sc5ccccc56)cc4)c4cccc(-c5ccc(-n6c7ccccc7c7ccccc76)cc5)c4)ccc32)cc1. The fourth-order valence-electron chi connectivity index (χ4n) is 11.6. The lowest BCUT2D eigenvalue weighted by molar-refractivity contribution is 0.768. The predicted molar refractivity (Wildman–Crippen MR) is 297 cm³/mol. The zero-order chi connectivity index (χ0) is 46.2. The van der Waals surface area contributed by atoms with E-state index < -0.39 is 5.41 Å². The summed E-state index contributed by atoms with van der Waals surface area (Å²) in [6.07, 6.45) is 0. The van der Waals surface area contributed by atoms with Crippen LogP contribution in [0.5, 0.6) is 0 Å². The molecule has 0 atom stereocenters. The van der Waals surface area contributed by atoms with Crippen LogP contribution in [0, 0.1) is 0 Å². The van der Waals surface area contributed by atoms with Gasteiger partial charge in [-0.25, -0.2) is 0 Å². The molecule has 0 amide bonds. The average molecular weight is 909 g/mol. The second kappa shape index (κ2) is 16.2. The van der Waals surface area contributed by atoms with Gasteiger partial charge < -0.3 is 9.47 Å². The summed E-state index contributed by atoms with van der Waals surface area (Å²) >= 11 is 1.88. The van der Waals surface area contributed by atoms with Crippen LogP contribution < -0.4 is 4.90 Å². The normalized spacial score (nSPS) is 12.7. The van der Waals surface area contributed by atoms with E-state index in [0.29, 0.717) is 0 Å². The molecule has 1 aliphatic rings. The Kier molecular flexibility index (Phi) is 9.33. The topological polar surface area (TPSA) is 8.17 Å². The standard InChI is InChI=1S/C67H44N2S/c1-3-18-48(19-4-1)67(49-20-5-2-6-21-49)61-29-11-7-23-55(61)60-44-53(41-42-62(60)67)68(50-39-35-46(36-40-50)54-27-16-28-59-58-26-10-14-32-65(58)70-66(54)59)52-22-15-17-47(43-52)45-33-37-51(38-34-45)69-63-30-12-8-24-56(63)57-25-9-13-31-64(57)69/h1-44H. The first-order valence-corrected chi connectivity index (χ1v) is 24.9. The molecule has 14 rings (SSSR count). The van der Waals surface area contributed by atoms with Crippen LogP contribution >= 0.6 is 11.3 Å². The molecule has 0 spiro atoms. The minimum Gasteiger partial charge on any atom is -0.310 e. The fourth-order valence-corrected chi connectivity index (χ4v) is 12.9. The molecule has 13 aromatic rings. The van der Waals surface area contributed by atoms with Crippen LogP contribution in [0.4, 0.5) is 17.1 Å². The number of hydrogen-bond donors (Lipinski definition) is 0. The molecule has 2 nitrogen and oxygen atoms in total. The smallest absolute Gasteiger partial charge is 0.0713 e. The van der Waals surface area contributed by atoms with E-state index in [1.165, 1.54) is 86.5 Å². The highest BCUT2D eigenvalue weighted by Gasteiger charge is 2.46. The minimum absolute atomic E-state index is 0.474. The number of fused-ring (bicyclic) bond motifs is 9. The Labute approximate surface area is 411 Å². The van der Waals surface area contributed by atoms with Gasteiger partial charge in [-0.15, -0.1) is 11.3 Å². The summed E-state index contributed by atoms with van der Waals surface area (Å²) in [4.78, 5) is 2.44. The lowest BCUT2D eigenvalue weighted by atomic mass is 9.68. The monoisotopic (exact) mass is 908 g/mol. The summed E-state index contributed by atoms with van der Waals surface area (Å²) in [6, 6.07) is 98.5. The minimum atomic E-state index is -0.474. The molecule has 70 heavy (non-hydrogen) atoms. The summed E-state index contributed by atoms with van der Waals surface area (Å²) in [5.74, 6) is 0. The Balaban J connectivity index is 0.919. The molecule has 0 bridgehead atoms. The van der Waals surface area contributed by atoms with Crippen molar-refractivity contribution in [3.63, 3.8) is 0 Å². The quantitative estimate of drug-likeness (QED) is 0.147. The van der Waals surface area contributed by atoms with Crippen molar-refractivity contribution in [2.24, 2.45) is 0 Å². The molecule has 0 aliphatic heterocycles. The molecule has 0 unspecified atom stereocenters. The third-order valence-corrected chi connectivity index (χ3v) is 15.9. The maximum atomic E-state index is 2.44. The van der Waals surface area contributed by atoms with Crippen LogP contribution in [0.2, 0.25) is 0 Å². The van der Waals surface area contributed by atoms with Gasteiger partial charge in [0.2, 0.25) is 0 Å². The van der Waals surface area contributed by atoms with Crippen molar-refractivity contribution in [1.29, 1.82) is 0 Å². The number of hydrogen-bond acceptors (Lipinski definition) is 2. The highest BCUT2D eigenvalue weighted by molar-refractivity contribution is 7.26. The number of para-hydroxylation sites is 2. The molecule has 11 aromatic carbocycles. The summed E-state index contributed by atoms with van der Waals surface area (Å²) in [5.41, 5.74) is 18.8. The third kappa shape index (κ3) is 6.19. The summed E-state index contributed by atoms with van der Waals surface area (Å²) < 4.78 is 5.02. The van der Waals surface area contributed by atoms with Crippen molar-refractivity contribution in [1.82, 2.24) is 4.57 Å². The van der Waals surface area contributed by atoms with E-state index in [2.05, 4.69) is 276 Å². The molecule has 0 radical (unpaired) electrons. The molecule has 0 saturated heterocycles. The molecule has 1 aliphatic carbocycles. The van der Waals surface area contributed by atoms with Gasteiger partial charge in [0.05, 0.1) is 16.4 Å². The van der Waals surface area contributed by atoms with Crippen LogP contribution in [0.3, 0.4) is 0 Å². The Morgan fingerprint density at radius 2 is 0.871 bits per heavy atom. The third-order valence-electron chi connectivity index (χ3n) is 14.7. The van der Waals surface area contributed by atoms with E-state index in [0.717, 1.165) is 33.9 Å². The first-order chi connectivity index (χ1) is 34.7. The van der Waals surface area contributed by atoms with Crippen LogP contribution in [0.15, 0.2) is 267 Å². The number of anilines is 3. The zero-order valence-corrected chi connectivity index (χ0v) is 39.0. The predicted octanol–water partition coefficient (Wildman–Crippen LogP) is 18.3. The zero-order valence-electron chi connectivity index (χ0n) is 38.2. The maximum absolute atomic E-state index is 2.44. The first kappa shape index (κ1) is 40.3. The molecule has 0 saturated carbocycles. The van der Waals surface area contributed by atoms with Crippen molar-refractivity contribution in [2.45, 2.75) is 5.41 Å². The van der Waals surface area contributed by atoms with Crippen molar-refractivity contribution >= 4 is 70.4 Å². The van der Waals surface area contributed by atoms with Gasteiger partial charge in [-0.05, 0) is 122 Å². The summed E-state index contributed by atoms with van der Waals surface area (Å²) in [7, 11) is 0. The number of thiophene rings is 1. The number of nitrogens with zero attached hydrogens (tertiary/aromatic N) is 2. The lowest BCUT2D eigenvalue weighted by Gasteiger charge is -2.34. The number of benzene rings is 11. The Morgan fingerprint density at radius 1 is 0.329 bits per heavy atom. The van der Waals surface area contributed by atoms with Gasteiger partial charge >= 0.3 is 0 Å². The summed E-state index contributed by atoms with van der Waals surface area (Å²) in [5, 5.41) is 5.15. The Morgan fingerprint density at radius 3 is 1.60 bits per heavy atom. The molecular weight excluding hydrogens is 865 g/mol. The highest BCUT2D eigenvalue weighted by atomic mass is 32.1. The van der Waals surface area contributed by atoms with Crippen LogP contribution in [0.1, 0.15) is 22.3 Å². The van der Waals surface area contributed by atoms with Crippen LogP contribution in [0.25, 0.3) is 81.0 Å². The van der Waals surface area contributed by atoms with Gasteiger partial charge in [-0.2, -0.15) is 0 Å². The lowest BCUT2D eigenvalue weighted by Crippen LogP contribution is -2.28. The van der Waals surface area contributed by atoms with E-state index in [1.807, 2.05) is 11.3 Å². The van der Waals surface area contributed by atoms with Crippen molar-refractivity contribution in [3.8, 4) is 39.1 Å². The van der Waals surface area contributed by atoms with Gasteiger partial charge in [0.25, 0.3) is 0 Å². The van der Waals surface area contributed by atoms with E-state index in [1.54, 1.807) is 0 Å². The van der Waals surface area contributed by atoms with Gasteiger partial charge in [0.1, 0.15) is 0 Å². The van der Waals surface area contributed by atoms with Gasteiger partial charge in [-0.3, -0.25) is 0 Å². The molecular formula is C67H44N2S. The Bertz CT molecular complexity index is 4020. The second-order valence-electron chi connectivity index (χ2n) is 18.4. The first-order valence-electron chi connectivity index (χ1n) is 24.1. The fraction of sp³-hybridized carbons (Fsp3) is 0.0149.